The van der Waals surface area contributed by atoms with E-state index in [-0.39, 0.29) is 31.3 Å². The van der Waals surface area contributed by atoms with Gasteiger partial charge in [-0.25, -0.2) is 0 Å². The fraction of sp³-hybridized carbons (Fsp3) is 0.231. The summed E-state index contributed by atoms with van der Waals surface area (Å²) >= 11 is 12.2. The molecule has 5 nitrogen and oxygen atoms in total. The van der Waals surface area contributed by atoms with E-state index in [4.69, 9.17) is 27.9 Å². The number of nitrogens with one attached hydrogen (secondary N) is 1. The lowest BCUT2D eigenvalue weighted by atomic mass is 10.1. The normalized spacial score (nSPS) is 11.5. The van der Waals surface area contributed by atoms with Crippen LogP contribution in [0.1, 0.15) is 23.6 Å². The predicted octanol–water partition coefficient (Wildman–Crippen LogP) is 5.28. The zero-order chi connectivity index (χ0) is 23.8. The van der Waals surface area contributed by atoms with Crippen LogP contribution in [-0.4, -0.2) is 29.9 Å². The molecular formula is C26H26Cl2N2O3. The molecule has 3 aromatic carbocycles. The Morgan fingerprint density at radius 1 is 0.939 bits per heavy atom. The number of halogens is 2. The van der Waals surface area contributed by atoms with Gasteiger partial charge < -0.3 is 15.0 Å². The van der Waals surface area contributed by atoms with E-state index < -0.39 is 6.04 Å². The van der Waals surface area contributed by atoms with Gasteiger partial charge in [0.25, 0.3) is 0 Å². The van der Waals surface area contributed by atoms with Crippen LogP contribution < -0.4 is 10.1 Å². The van der Waals surface area contributed by atoms with Gasteiger partial charge in [-0.2, -0.15) is 0 Å². The maximum atomic E-state index is 13.3. The molecule has 0 spiro atoms. The van der Waals surface area contributed by atoms with E-state index in [1.807, 2.05) is 54.6 Å². The zero-order valence-electron chi connectivity index (χ0n) is 18.6. The van der Waals surface area contributed by atoms with E-state index in [9.17, 15) is 9.59 Å². The maximum absolute atomic E-state index is 13.3. The molecule has 2 amide bonds. The van der Waals surface area contributed by atoms with Crippen molar-refractivity contribution in [1.29, 1.82) is 0 Å². The van der Waals surface area contributed by atoms with Crippen LogP contribution >= 0.6 is 23.2 Å². The number of carbonyl (C=O) groups excluding carboxylic acids is 2. The van der Waals surface area contributed by atoms with Gasteiger partial charge in [-0.05, 0) is 53.9 Å². The Morgan fingerprint density at radius 3 is 2.21 bits per heavy atom. The van der Waals surface area contributed by atoms with Crippen molar-refractivity contribution in [2.24, 2.45) is 0 Å². The Labute approximate surface area is 204 Å². The van der Waals surface area contributed by atoms with Crippen LogP contribution in [0.2, 0.25) is 10.0 Å². The topological polar surface area (TPSA) is 58.6 Å². The number of hydrogen-bond acceptors (Lipinski definition) is 3. The second kappa shape index (κ2) is 11.7. The molecule has 0 saturated heterocycles. The van der Waals surface area contributed by atoms with Crippen LogP contribution in [-0.2, 0) is 29.1 Å². The highest BCUT2D eigenvalue weighted by Crippen LogP contribution is 2.18. The number of methoxy groups -OCH3 is 1. The fourth-order valence-electron chi connectivity index (χ4n) is 3.36. The summed E-state index contributed by atoms with van der Waals surface area (Å²) in [6.45, 7) is 2.30. The highest BCUT2D eigenvalue weighted by molar-refractivity contribution is 6.31. The molecule has 0 aliphatic rings. The average molecular weight is 485 g/mol. The van der Waals surface area contributed by atoms with Gasteiger partial charge in [0.15, 0.2) is 0 Å². The zero-order valence-corrected chi connectivity index (χ0v) is 20.1. The first-order chi connectivity index (χ1) is 15.9. The van der Waals surface area contributed by atoms with Crippen molar-refractivity contribution in [2.75, 3.05) is 7.11 Å². The molecular weight excluding hydrogens is 459 g/mol. The van der Waals surface area contributed by atoms with Crippen molar-refractivity contribution in [3.05, 3.63) is 99.5 Å². The Bertz CT molecular complexity index is 1090. The largest absolute Gasteiger partial charge is 0.497 e. The molecule has 172 valence electrons. The Kier molecular flexibility index (Phi) is 8.75. The standard InChI is InChI=1S/C26H26Cl2N2O3/c1-18(26(32)29-16-21-5-3-4-6-24(21)28)30(17-20-9-13-23(33-2)14-10-20)25(31)15-19-7-11-22(27)12-8-19/h3-14,18H,15-17H2,1-2H3,(H,29,32)/t18-/m1/s1. The summed E-state index contributed by atoms with van der Waals surface area (Å²) in [5, 5.41) is 4.08. The SMILES string of the molecule is COc1ccc(CN(C(=O)Cc2ccc(Cl)cc2)[C@H](C)C(=O)NCc2ccccc2Cl)cc1. The summed E-state index contributed by atoms with van der Waals surface area (Å²) in [5.74, 6) is 0.310. The van der Waals surface area contributed by atoms with Crippen LogP contribution in [0.5, 0.6) is 5.75 Å². The fourth-order valence-corrected chi connectivity index (χ4v) is 3.69. The van der Waals surface area contributed by atoms with E-state index in [1.54, 1.807) is 37.1 Å². The molecule has 1 N–H and O–H groups in total. The van der Waals surface area contributed by atoms with Gasteiger partial charge in [-0.15, -0.1) is 0 Å². The third kappa shape index (κ3) is 6.98. The maximum Gasteiger partial charge on any atom is 0.242 e. The molecule has 0 radical (unpaired) electrons. The van der Waals surface area contributed by atoms with Crippen molar-refractivity contribution in [3.63, 3.8) is 0 Å². The summed E-state index contributed by atoms with van der Waals surface area (Å²) in [6, 6.07) is 21.2. The first kappa shape index (κ1) is 24.6. The number of nitrogens with zero attached hydrogens (tertiary/aromatic N) is 1. The van der Waals surface area contributed by atoms with Crippen LogP contribution in [0.3, 0.4) is 0 Å². The van der Waals surface area contributed by atoms with Gasteiger partial charge in [-0.1, -0.05) is 65.7 Å². The van der Waals surface area contributed by atoms with Crippen molar-refractivity contribution < 1.29 is 14.3 Å². The molecule has 1 atom stereocenters. The van der Waals surface area contributed by atoms with E-state index >= 15 is 0 Å². The number of hydrogen-bond donors (Lipinski definition) is 1. The van der Waals surface area contributed by atoms with E-state index in [2.05, 4.69) is 5.32 Å². The van der Waals surface area contributed by atoms with E-state index in [1.165, 1.54) is 0 Å². The van der Waals surface area contributed by atoms with Crippen LogP contribution in [0.4, 0.5) is 0 Å². The number of rotatable bonds is 9. The minimum atomic E-state index is -0.686. The lowest BCUT2D eigenvalue weighted by molar-refractivity contribution is -0.140. The number of carbonyl (C=O) groups is 2. The summed E-state index contributed by atoms with van der Waals surface area (Å²) in [6.07, 6.45) is 0.162. The molecule has 0 saturated carbocycles. The van der Waals surface area contributed by atoms with E-state index in [0.29, 0.717) is 10.0 Å². The third-order valence-corrected chi connectivity index (χ3v) is 5.98. The lowest BCUT2D eigenvalue weighted by Crippen LogP contribution is -2.48. The second-order valence-electron chi connectivity index (χ2n) is 7.66. The molecule has 0 aromatic heterocycles. The van der Waals surface area contributed by atoms with Gasteiger partial charge in [0, 0.05) is 23.1 Å². The van der Waals surface area contributed by atoms with Crippen molar-refractivity contribution >= 4 is 35.0 Å². The molecule has 0 fully saturated rings. The van der Waals surface area contributed by atoms with Gasteiger partial charge in [-0.3, -0.25) is 9.59 Å². The minimum Gasteiger partial charge on any atom is -0.497 e. The second-order valence-corrected chi connectivity index (χ2v) is 8.50. The molecule has 3 aromatic rings. The van der Waals surface area contributed by atoms with Crippen LogP contribution in [0, 0.1) is 0 Å². The highest BCUT2D eigenvalue weighted by atomic mass is 35.5. The Hall–Kier alpha value is -3.02. The predicted molar refractivity (Wildman–Crippen MR) is 131 cm³/mol. The third-order valence-electron chi connectivity index (χ3n) is 5.36. The van der Waals surface area contributed by atoms with Gasteiger partial charge in [0.1, 0.15) is 11.8 Å². The summed E-state index contributed by atoms with van der Waals surface area (Å²) < 4.78 is 5.21. The van der Waals surface area contributed by atoms with E-state index in [0.717, 1.165) is 22.4 Å². The van der Waals surface area contributed by atoms with Crippen LogP contribution in [0.15, 0.2) is 72.8 Å². The quantitative estimate of drug-likeness (QED) is 0.449. The summed E-state index contributed by atoms with van der Waals surface area (Å²) in [7, 11) is 1.60. The molecule has 0 unspecified atom stereocenters. The monoisotopic (exact) mass is 484 g/mol. The molecule has 33 heavy (non-hydrogen) atoms. The summed E-state index contributed by atoms with van der Waals surface area (Å²) in [5.41, 5.74) is 2.53. The van der Waals surface area contributed by atoms with Crippen molar-refractivity contribution in [3.8, 4) is 5.75 Å². The van der Waals surface area contributed by atoms with Crippen molar-refractivity contribution in [2.45, 2.75) is 32.5 Å². The molecule has 0 aliphatic heterocycles. The molecule has 0 heterocycles. The first-order valence-corrected chi connectivity index (χ1v) is 11.3. The average Bonchev–Trinajstić information content (AvgIpc) is 2.83. The Balaban J connectivity index is 1.76. The minimum absolute atomic E-state index is 0.159. The summed E-state index contributed by atoms with van der Waals surface area (Å²) in [4.78, 5) is 27.8. The number of benzene rings is 3. The molecule has 3 rings (SSSR count). The number of ether oxygens (including phenoxy) is 1. The first-order valence-electron chi connectivity index (χ1n) is 10.6. The Morgan fingerprint density at radius 2 is 1.58 bits per heavy atom. The molecule has 0 bridgehead atoms. The smallest absolute Gasteiger partial charge is 0.242 e. The van der Waals surface area contributed by atoms with Gasteiger partial charge in [0.05, 0.1) is 13.5 Å². The highest BCUT2D eigenvalue weighted by Gasteiger charge is 2.26. The molecule has 7 heteroatoms. The van der Waals surface area contributed by atoms with Crippen LogP contribution in [0.25, 0.3) is 0 Å². The lowest BCUT2D eigenvalue weighted by Gasteiger charge is -2.29. The van der Waals surface area contributed by atoms with Gasteiger partial charge in [0.2, 0.25) is 11.8 Å². The van der Waals surface area contributed by atoms with Gasteiger partial charge >= 0.3 is 0 Å². The number of amides is 2. The molecule has 0 aliphatic carbocycles. The van der Waals surface area contributed by atoms with Crippen molar-refractivity contribution in [1.82, 2.24) is 10.2 Å².